The molecule has 7 nitrogen and oxygen atoms in total. The second kappa shape index (κ2) is 9.33. The molecule has 31 heavy (non-hydrogen) atoms. The molecule has 0 bridgehead atoms. The molecule has 1 fully saturated rings. The Morgan fingerprint density at radius 3 is 2.58 bits per heavy atom. The number of sulfonamides is 1. The molecule has 0 unspecified atom stereocenters. The van der Waals surface area contributed by atoms with E-state index in [1.54, 1.807) is 27.8 Å². The Labute approximate surface area is 192 Å². The van der Waals surface area contributed by atoms with Crippen molar-refractivity contribution in [1.82, 2.24) is 23.6 Å². The minimum Gasteiger partial charge on any atom is -0.307 e. The zero-order chi connectivity index (χ0) is 22.0. The highest BCUT2D eigenvalue weighted by molar-refractivity contribution is 7.89. The lowest BCUT2D eigenvalue weighted by molar-refractivity contribution is 0.215. The number of aromatic nitrogens is 3. The van der Waals surface area contributed by atoms with E-state index < -0.39 is 10.0 Å². The molecule has 0 radical (unpaired) electrons. The number of hydrogen-bond donors (Lipinski definition) is 0. The van der Waals surface area contributed by atoms with E-state index in [1.165, 1.54) is 4.88 Å². The van der Waals surface area contributed by atoms with Gasteiger partial charge >= 0.3 is 0 Å². The molecule has 1 aromatic carbocycles. The normalized spacial score (nSPS) is 16.5. The van der Waals surface area contributed by atoms with Crippen molar-refractivity contribution in [3.8, 4) is 0 Å². The quantitative estimate of drug-likeness (QED) is 0.510. The van der Waals surface area contributed by atoms with Crippen LogP contribution in [0.2, 0.25) is 0 Å². The van der Waals surface area contributed by atoms with Crippen molar-refractivity contribution >= 4 is 33.6 Å². The lowest BCUT2D eigenvalue weighted by atomic mass is 10.2. The topological polar surface area (TPSA) is 63.4 Å². The van der Waals surface area contributed by atoms with Gasteiger partial charge in [0.25, 0.3) is 0 Å². The zero-order valence-electron chi connectivity index (χ0n) is 17.8. The van der Waals surface area contributed by atoms with Gasteiger partial charge in [0.2, 0.25) is 10.0 Å². The van der Waals surface area contributed by atoms with E-state index in [1.807, 2.05) is 41.4 Å². The van der Waals surface area contributed by atoms with E-state index >= 15 is 0 Å². The molecule has 0 amide bonds. The van der Waals surface area contributed by atoms with Gasteiger partial charge in [0, 0.05) is 44.5 Å². The van der Waals surface area contributed by atoms with E-state index in [-0.39, 0.29) is 0 Å². The Hall–Kier alpha value is -1.85. The van der Waals surface area contributed by atoms with Crippen LogP contribution < -0.4 is 0 Å². The second-order valence-electron chi connectivity index (χ2n) is 7.84. The Balaban J connectivity index is 1.44. The molecule has 2 aromatic heterocycles. The molecule has 166 valence electrons. The number of rotatable bonds is 6. The van der Waals surface area contributed by atoms with Crippen LogP contribution in [-0.2, 0) is 30.2 Å². The fourth-order valence-corrected chi connectivity index (χ4v) is 6.10. The number of benzene rings is 1. The third-order valence-corrected chi connectivity index (χ3v) is 8.86. The summed E-state index contributed by atoms with van der Waals surface area (Å²) < 4.78 is 32.2. The van der Waals surface area contributed by atoms with Crippen molar-refractivity contribution in [1.29, 1.82) is 0 Å². The molecule has 10 heteroatoms. The average molecular weight is 478 g/mol. The summed E-state index contributed by atoms with van der Waals surface area (Å²) in [4.78, 5) is 3.83. The van der Waals surface area contributed by atoms with Crippen LogP contribution in [-0.4, -0.2) is 58.1 Å². The van der Waals surface area contributed by atoms with Crippen molar-refractivity contribution < 1.29 is 8.42 Å². The number of nitrogens with zero attached hydrogens (tertiary/aromatic N) is 5. The highest BCUT2D eigenvalue weighted by Gasteiger charge is 2.27. The summed E-state index contributed by atoms with van der Waals surface area (Å²) in [6.45, 7) is 4.94. The van der Waals surface area contributed by atoms with Crippen LogP contribution in [0.15, 0.2) is 46.7 Å². The van der Waals surface area contributed by atoms with Gasteiger partial charge in [-0.1, -0.05) is 23.8 Å². The maximum atomic E-state index is 13.0. The molecular weight excluding hydrogens is 450 g/mol. The molecule has 0 atom stereocenters. The molecule has 3 aromatic rings. The third-order valence-electron chi connectivity index (χ3n) is 5.58. The highest BCUT2D eigenvalue weighted by atomic mass is 32.2. The van der Waals surface area contributed by atoms with Crippen molar-refractivity contribution in [3.05, 3.63) is 62.8 Å². The number of aryl methyl sites for hydroxylation is 1. The van der Waals surface area contributed by atoms with Crippen molar-refractivity contribution in [2.75, 3.05) is 26.2 Å². The van der Waals surface area contributed by atoms with E-state index in [9.17, 15) is 8.42 Å². The lowest BCUT2D eigenvalue weighted by Gasteiger charge is -2.21. The Morgan fingerprint density at radius 1 is 1.10 bits per heavy atom. The van der Waals surface area contributed by atoms with Gasteiger partial charge in [-0.15, -0.1) is 11.3 Å². The highest BCUT2D eigenvalue weighted by Crippen LogP contribution is 2.19. The largest absolute Gasteiger partial charge is 0.307 e. The van der Waals surface area contributed by atoms with Crippen LogP contribution in [0, 0.1) is 11.7 Å². The first-order chi connectivity index (χ1) is 14.8. The van der Waals surface area contributed by atoms with Gasteiger partial charge in [-0.25, -0.2) is 13.1 Å². The van der Waals surface area contributed by atoms with Crippen molar-refractivity contribution in [2.24, 2.45) is 7.05 Å². The Kier molecular flexibility index (Phi) is 6.73. The SMILES string of the molecule is Cc1ccc(S(=O)(=O)N2CCCN(Cn3nc(Cc4cccs4)n(C)c3=S)CC2)cc1. The van der Waals surface area contributed by atoms with Gasteiger partial charge in [0.1, 0.15) is 5.82 Å². The monoisotopic (exact) mass is 477 g/mol. The predicted molar refractivity (Wildman–Crippen MR) is 125 cm³/mol. The van der Waals surface area contributed by atoms with Gasteiger partial charge in [-0.05, 0) is 49.1 Å². The van der Waals surface area contributed by atoms with Crippen LogP contribution in [0.3, 0.4) is 0 Å². The van der Waals surface area contributed by atoms with E-state index in [0.717, 1.165) is 30.8 Å². The molecule has 0 N–H and O–H groups in total. The molecule has 4 rings (SSSR count). The van der Waals surface area contributed by atoms with Crippen LogP contribution in [0.5, 0.6) is 0 Å². The molecule has 3 heterocycles. The molecule has 1 aliphatic heterocycles. The van der Waals surface area contributed by atoms with Crippen molar-refractivity contribution in [2.45, 2.75) is 31.3 Å². The van der Waals surface area contributed by atoms with Gasteiger partial charge < -0.3 is 4.57 Å². The van der Waals surface area contributed by atoms with Crippen LogP contribution in [0.25, 0.3) is 0 Å². The molecule has 1 aliphatic rings. The van der Waals surface area contributed by atoms with Crippen LogP contribution >= 0.6 is 23.6 Å². The predicted octanol–water partition coefficient (Wildman–Crippen LogP) is 3.27. The standard InChI is InChI=1S/C21H27N5O2S3/c1-17-6-8-19(9-7-17)31(27,28)25-11-4-10-24(12-13-25)16-26-21(29)23(2)20(22-26)15-18-5-3-14-30-18/h3,5-9,14H,4,10-13,15-16H2,1-2H3. The van der Waals surface area contributed by atoms with Crippen molar-refractivity contribution in [3.63, 3.8) is 0 Å². The summed E-state index contributed by atoms with van der Waals surface area (Å²) in [6, 6.07) is 11.2. The van der Waals surface area contributed by atoms with Gasteiger partial charge in [0.05, 0.1) is 11.6 Å². The summed E-state index contributed by atoms with van der Waals surface area (Å²) in [7, 11) is -1.53. The fourth-order valence-electron chi connectivity index (χ4n) is 3.73. The molecule has 0 spiro atoms. The molecule has 1 saturated heterocycles. The molecular formula is C21H27N5O2S3. The number of thiophene rings is 1. The minimum absolute atomic E-state index is 0.358. The smallest absolute Gasteiger partial charge is 0.243 e. The van der Waals surface area contributed by atoms with Crippen LogP contribution in [0.4, 0.5) is 0 Å². The Bertz CT molecular complexity index is 1180. The maximum Gasteiger partial charge on any atom is 0.243 e. The first-order valence-electron chi connectivity index (χ1n) is 10.3. The van der Waals surface area contributed by atoms with Gasteiger partial charge in [-0.2, -0.15) is 9.40 Å². The van der Waals surface area contributed by atoms with Gasteiger partial charge in [-0.3, -0.25) is 4.90 Å². The maximum absolute atomic E-state index is 13.0. The average Bonchev–Trinajstić information content (AvgIpc) is 3.25. The summed E-state index contributed by atoms with van der Waals surface area (Å²) >= 11 is 7.31. The first-order valence-corrected chi connectivity index (χ1v) is 13.0. The van der Waals surface area contributed by atoms with Crippen LogP contribution in [0.1, 0.15) is 22.7 Å². The zero-order valence-corrected chi connectivity index (χ0v) is 20.2. The Morgan fingerprint density at radius 2 is 1.87 bits per heavy atom. The van der Waals surface area contributed by atoms with Gasteiger partial charge in [0.15, 0.2) is 4.77 Å². The second-order valence-corrected chi connectivity index (χ2v) is 11.2. The first kappa shape index (κ1) is 22.3. The van der Waals surface area contributed by atoms with E-state index in [0.29, 0.717) is 36.0 Å². The number of hydrogen-bond acceptors (Lipinski definition) is 6. The van der Waals surface area contributed by atoms with E-state index in [2.05, 4.69) is 16.3 Å². The fraction of sp³-hybridized carbons (Fsp3) is 0.429. The summed E-state index contributed by atoms with van der Waals surface area (Å²) in [5.74, 6) is 0.936. The summed E-state index contributed by atoms with van der Waals surface area (Å²) in [5.41, 5.74) is 1.05. The third kappa shape index (κ3) is 4.98. The summed E-state index contributed by atoms with van der Waals surface area (Å²) in [5, 5.41) is 6.81. The lowest BCUT2D eigenvalue weighted by Crippen LogP contribution is -2.35. The summed E-state index contributed by atoms with van der Waals surface area (Å²) in [6.07, 6.45) is 1.53. The molecule has 0 aliphatic carbocycles. The van der Waals surface area contributed by atoms with E-state index in [4.69, 9.17) is 17.3 Å². The molecule has 0 saturated carbocycles. The minimum atomic E-state index is -3.48.